The molecule has 1 heterocycles. The van der Waals surface area contributed by atoms with E-state index in [0.717, 1.165) is 25.9 Å². The molecule has 0 saturated carbocycles. The Labute approximate surface area is 92.0 Å². The molecule has 0 spiro atoms. The zero-order chi connectivity index (χ0) is 11.3. The van der Waals surface area contributed by atoms with Crippen LogP contribution in [0.1, 0.15) is 26.7 Å². The van der Waals surface area contributed by atoms with Crippen molar-refractivity contribution in [2.24, 2.45) is 17.6 Å². The van der Waals surface area contributed by atoms with Gasteiger partial charge >= 0.3 is 0 Å². The summed E-state index contributed by atoms with van der Waals surface area (Å²) in [5.74, 6) is 1.16. The lowest BCUT2D eigenvalue weighted by Crippen LogP contribution is -2.50. The number of piperidine rings is 1. The van der Waals surface area contributed by atoms with Crippen molar-refractivity contribution in [1.82, 2.24) is 10.6 Å². The van der Waals surface area contributed by atoms with Gasteiger partial charge in [-0.3, -0.25) is 4.79 Å². The molecular formula is C11H23N3O. The SMILES string of the molecule is CC(C)C(CN)CNC1CCCNC1=O. The van der Waals surface area contributed by atoms with Crippen LogP contribution in [0.3, 0.4) is 0 Å². The second-order valence-electron chi connectivity index (χ2n) is 4.63. The molecule has 4 N–H and O–H groups in total. The normalized spacial score (nSPS) is 24.0. The van der Waals surface area contributed by atoms with Gasteiger partial charge in [-0.2, -0.15) is 0 Å². The van der Waals surface area contributed by atoms with Gasteiger partial charge in [0.2, 0.25) is 5.91 Å². The van der Waals surface area contributed by atoms with Gasteiger partial charge in [0.15, 0.2) is 0 Å². The predicted octanol–water partition coefficient (Wildman–Crippen LogP) is 0.0855. The molecule has 15 heavy (non-hydrogen) atoms. The van der Waals surface area contributed by atoms with Crippen molar-refractivity contribution in [2.75, 3.05) is 19.6 Å². The number of nitrogens with one attached hydrogen (secondary N) is 2. The van der Waals surface area contributed by atoms with E-state index in [0.29, 0.717) is 18.4 Å². The van der Waals surface area contributed by atoms with Gasteiger partial charge in [-0.25, -0.2) is 0 Å². The number of carbonyl (C=O) groups is 1. The standard InChI is InChI=1S/C11H23N3O/c1-8(2)9(6-12)7-14-10-4-3-5-13-11(10)15/h8-10,14H,3-7,12H2,1-2H3,(H,13,15). The minimum atomic E-state index is -0.00782. The number of rotatable bonds is 5. The van der Waals surface area contributed by atoms with Crippen molar-refractivity contribution in [1.29, 1.82) is 0 Å². The molecule has 1 fully saturated rings. The second-order valence-corrected chi connectivity index (χ2v) is 4.63. The van der Waals surface area contributed by atoms with Crippen molar-refractivity contribution in [3.05, 3.63) is 0 Å². The summed E-state index contributed by atoms with van der Waals surface area (Å²) in [6, 6.07) is -0.00782. The van der Waals surface area contributed by atoms with Crippen LogP contribution in [0.5, 0.6) is 0 Å². The number of amides is 1. The molecule has 2 atom stereocenters. The first kappa shape index (κ1) is 12.5. The second kappa shape index (κ2) is 6.08. The highest BCUT2D eigenvalue weighted by Crippen LogP contribution is 2.09. The molecule has 2 unspecified atom stereocenters. The van der Waals surface area contributed by atoms with Crippen molar-refractivity contribution in [3.63, 3.8) is 0 Å². The summed E-state index contributed by atoms with van der Waals surface area (Å²) in [6.07, 6.45) is 2.01. The van der Waals surface area contributed by atoms with E-state index in [4.69, 9.17) is 5.73 Å². The van der Waals surface area contributed by atoms with Gasteiger partial charge in [-0.1, -0.05) is 13.8 Å². The third kappa shape index (κ3) is 3.80. The Balaban J connectivity index is 2.31. The number of carbonyl (C=O) groups excluding carboxylic acids is 1. The van der Waals surface area contributed by atoms with Gasteiger partial charge in [0.05, 0.1) is 6.04 Å². The Morgan fingerprint density at radius 1 is 1.60 bits per heavy atom. The van der Waals surface area contributed by atoms with Crippen molar-refractivity contribution in [3.8, 4) is 0 Å². The summed E-state index contributed by atoms with van der Waals surface area (Å²) in [6.45, 7) is 6.67. The average Bonchev–Trinajstić information content (AvgIpc) is 2.21. The van der Waals surface area contributed by atoms with Crippen LogP contribution in [0.2, 0.25) is 0 Å². The van der Waals surface area contributed by atoms with Gasteiger partial charge in [-0.15, -0.1) is 0 Å². The van der Waals surface area contributed by atoms with E-state index < -0.39 is 0 Å². The lowest BCUT2D eigenvalue weighted by Gasteiger charge is -2.26. The van der Waals surface area contributed by atoms with Crippen molar-refractivity contribution >= 4 is 5.91 Å². The molecule has 0 aliphatic carbocycles. The minimum absolute atomic E-state index is 0.00782. The molecule has 1 amide bonds. The van der Waals surface area contributed by atoms with Gasteiger partial charge in [0, 0.05) is 13.1 Å². The molecule has 0 aromatic rings. The predicted molar refractivity (Wildman–Crippen MR) is 61.4 cm³/mol. The molecule has 0 aromatic heterocycles. The first-order valence-corrected chi connectivity index (χ1v) is 5.86. The average molecular weight is 213 g/mol. The lowest BCUT2D eigenvalue weighted by molar-refractivity contribution is -0.124. The van der Waals surface area contributed by atoms with Crippen LogP contribution in [0, 0.1) is 11.8 Å². The molecule has 0 bridgehead atoms. The Hall–Kier alpha value is -0.610. The number of hydrogen-bond acceptors (Lipinski definition) is 3. The fraction of sp³-hybridized carbons (Fsp3) is 0.909. The molecule has 1 rings (SSSR count). The van der Waals surface area contributed by atoms with E-state index >= 15 is 0 Å². The number of hydrogen-bond donors (Lipinski definition) is 3. The maximum atomic E-state index is 11.5. The minimum Gasteiger partial charge on any atom is -0.355 e. The maximum Gasteiger partial charge on any atom is 0.237 e. The molecule has 1 saturated heterocycles. The summed E-state index contributed by atoms with van der Waals surface area (Å²) < 4.78 is 0. The molecule has 4 heteroatoms. The van der Waals surface area contributed by atoms with E-state index in [1.807, 2.05) is 0 Å². The van der Waals surface area contributed by atoms with E-state index in [1.54, 1.807) is 0 Å². The van der Waals surface area contributed by atoms with Crippen LogP contribution in [0.15, 0.2) is 0 Å². The molecule has 0 radical (unpaired) electrons. The zero-order valence-corrected chi connectivity index (χ0v) is 9.75. The summed E-state index contributed by atoms with van der Waals surface area (Å²) in [5, 5.41) is 6.18. The summed E-state index contributed by atoms with van der Waals surface area (Å²) in [7, 11) is 0. The Morgan fingerprint density at radius 3 is 2.87 bits per heavy atom. The highest BCUT2D eigenvalue weighted by Gasteiger charge is 2.22. The summed E-state index contributed by atoms with van der Waals surface area (Å²) >= 11 is 0. The van der Waals surface area contributed by atoms with E-state index in [1.165, 1.54) is 0 Å². The van der Waals surface area contributed by atoms with Crippen LogP contribution < -0.4 is 16.4 Å². The number of nitrogens with two attached hydrogens (primary N) is 1. The van der Waals surface area contributed by atoms with E-state index in [2.05, 4.69) is 24.5 Å². The Bertz CT molecular complexity index is 206. The fourth-order valence-electron chi connectivity index (χ4n) is 1.85. The zero-order valence-electron chi connectivity index (χ0n) is 9.75. The smallest absolute Gasteiger partial charge is 0.237 e. The van der Waals surface area contributed by atoms with Crippen molar-refractivity contribution in [2.45, 2.75) is 32.7 Å². The summed E-state index contributed by atoms with van der Waals surface area (Å²) in [4.78, 5) is 11.5. The fourth-order valence-corrected chi connectivity index (χ4v) is 1.85. The van der Waals surface area contributed by atoms with Crippen LogP contribution in [-0.4, -0.2) is 31.6 Å². The third-order valence-corrected chi connectivity index (χ3v) is 3.16. The molecule has 0 aromatic carbocycles. The lowest BCUT2D eigenvalue weighted by atomic mass is 9.95. The van der Waals surface area contributed by atoms with E-state index in [-0.39, 0.29) is 11.9 Å². The van der Waals surface area contributed by atoms with E-state index in [9.17, 15) is 4.79 Å². The topological polar surface area (TPSA) is 67.2 Å². The summed E-state index contributed by atoms with van der Waals surface area (Å²) in [5.41, 5.74) is 5.68. The quantitative estimate of drug-likeness (QED) is 0.606. The van der Waals surface area contributed by atoms with Crippen LogP contribution in [0.25, 0.3) is 0 Å². The van der Waals surface area contributed by atoms with Crippen molar-refractivity contribution < 1.29 is 4.79 Å². The Morgan fingerprint density at radius 2 is 2.33 bits per heavy atom. The molecular weight excluding hydrogens is 190 g/mol. The third-order valence-electron chi connectivity index (χ3n) is 3.16. The first-order valence-electron chi connectivity index (χ1n) is 5.86. The first-order chi connectivity index (χ1) is 7.15. The molecule has 4 nitrogen and oxygen atoms in total. The molecule has 88 valence electrons. The highest BCUT2D eigenvalue weighted by molar-refractivity contribution is 5.82. The van der Waals surface area contributed by atoms with Crippen LogP contribution >= 0.6 is 0 Å². The maximum absolute atomic E-state index is 11.5. The van der Waals surface area contributed by atoms with Crippen LogP contribution in [-0.2, 0) is 4.79 Å². The van der Waals surface area contributed by atoms with Gasteiger partial charge in [-0.05, 0) is 31.2 Å². The van der Waals surface area contributed by atoms with Crippen LogP contribution in [0.4, 0.5) is 0 Å². The van der Waals surface area contributed by atoms with Gasteiger partial charge < -0.3 is 16.4 Å². The largest absolute Gasteiger partial charge is 0.355 e. The van der Waals surface area contributed by atoms with Gasteiger partial charge in [0.25, 0.3) is 0 Å². The van der Waals surface area contributed by atoms with Gasteiger partial charge in [0.1, 0.15) is 0 Å². The Kier molecular flexibility index (Phi) is 5.05. The highest BCUT2D eigenvalue weighted by atomic mass is 16.2. The molecule has 1 aliphatic rings. The molecule has 1 aliphatic heterocycles. The monoisotopic (exact) mass is 213 g/mol.